The molecule has 5 nitrogen and oxygen atoms in total. The number of carbonyl (C=O) groups is 1. The molecule has 5 heteroatoms. The van der Waals surface area contributed by atoms with Crippen LogP contribution in [-0.4, -0.2) is 29.0 Å². The van der Waals surface area contributed by atoms with Crippen LogP contribution < -0.4 is 10.6 Å². The van der Waals surface area contributed by atoms with E-state index in [-0.39, 0.29) is 5.91 Å². The van der Waals surface area contributed by atoms with Crippen molar-refractivity contribution >= 4 is 22.5 Å². The Labute approximate surface area is 134 Å². The SMILES string of the molecule is Cc1ccc2c(C(=O)NCCNc3ccncc3)ccnc2c1. The van der Waals surface area contributed by atoms with E-state index in [1.807, 2.05) is 37.3 Å². The number of rotatable bonds is 5. The number of amides is 1. The van der Waals surface area contributed by atoms with E-state index in [1.165, 1.54) is 0 Å². The Morgan fingerprint density at radius 2 is 1.87 bits per heavy atom. The number of aromatic nitrogens is 2. The van der Waals surface area contributed by atoms with Crippen molar-refractivity contribution in [2.24, 2.45) is 0 Å². The van der Waals surface area contributed by atoms with Crippen molar-refractivity contribution < 1.29 is 4.79 Å². The van der Waals surface area contributed by atoms with Crippen molar-refractivity contribution in [1.29, 1.82) is 0 Å². The molecule has 0 saturated carbocycles. The van der Waals surface area contributed by atoms with Gasteiger partial charge in [-0.25, -0.2) is 0 Å². The van der Waals surface area contributed by atoms with E-state index >= 15 is 0 Å². The summed E-state index contributed by atoms with van der Waals surface area (Å²) < 4.78 is 0. The van der Waals surface area contributed by atoms with Gasteiger partial charge in [-0.2, -0.15) is 0 Å². The molecule has 2 heterocycles. The Morgan fingerprint density at radius 3 is 2.70 bits per heavy atom. The summed E-state index contributed by atoms with van der Waals surface area (Å²) in [6.45, 7) is 3.20. The molecule has 0 aliphatic rings. The monoisotopic (exact) mass is 306 g/mol. The summed E-state index contributed by atoms with van der Waals surface area (Å²) in [5.41, 5.74) is 3.61. The van der Waals surface area contributed by atoms with Crippen LogP contribution in [0, 0.1) is 6.92 Å². The number of benzene rings is 1. The van der Waals surface area contributed by atoms with Gasteiger partial charge >= 0.3 is 0 Å². The Hall–Kier alpha value is -2.95. The summed E-state index contributed by atoms with van der Waals surface area (Å²) in [4.78, 5) is 20.7. The molecule has 0 unspecified atom stereocenters. The van der Waals surface area contributed by atoms with Gasteiger partial charge in [-0.3, -0.25) is 14.8 Å². The van der Waals surface area contributed by atoms with Crippen LogP contribution in [0.3, 0.4) is 0 Å². The number of nitrogens with one attached hydrogen (secondary N) is 2. The van der Waals surface area contributed by atoms with Crippen molar-refractivity contribution in [1.82, 2.24) is 15.3 Å². The molecule has 23 heavy (non-hydrogen) atoms. The first kappa shape index (κ1) is 15.0. The lowest BCUT2D eigenvalue weighted by atomic mass is 10.1. The highest BCUT2D eigenvalue weighted by atomic mass is 16.1. The predicted octanol–water partition coefficient (Wildman–Crippen LogP) is 2.78. The zero-order valence-electron chi connectivity index (χ0n) is 12.9. The number of hydrogen-bond acceptors (Lipinski definition) is 4. The first-order valence-corrected chi connectivity index (χ1v) is 7.51. The number of fused-ring (bicyclic) bond motifs is 1. The van der Waals surface area contributed by atoms with E-state index in [9.17, 15) is 4.79 Å². The topological polar surface area (TPSA) is 66.9 Å². The van der Waals surface area contributed by atoms with Crippen molar-refractivity contribution in [2.75, 3.05) is 18.4 Å². The summed E-state index contributed by atoms with van der Waals surface area (Å²) in [6, 6.07) is 11.5. The molecule has 1 amide bonds. The number of nitrogens with zero attached hydrogens (tertiary/aromatic N) is 2. The van der Waals surface area contributed by atoms with Crippen molar-refractivity contribution in [3.63, 3.8) is 0 Å². The van der Waals surface area contributed by atoms with Gasteiger partial charge in [-0.15, -0.1) is 0 Å². The molecule has 116 valence electrons. The fraction of sp³-hybridized carbons (Fsp3) is 0.167. The molecule has 0 aliphatic carbocycles. The highest BCUT2D eigenvalue weighted by Crippen LogP contribution is 2.17. The fourth-order valence-electron chi connectivity index (χ4n) is 2.40. The van der Waals surface area contributed by atoms with Gasteiger partial charge in [0.1, 0.15) is 0 Å². The van der Waals surface area contributed by atoms with E-state index < -0.39 is 0 Å². The molecule has 1 aromatic carbocycles. The quantitative estimate of drug-likeness (QED) is 0.711. The summed E-state index contributed by atoms with van der Waals surface area (Å²) >= 11 is 0. The summed E-state index contributed by atoms with van der Waals surface area (Å²) in [6.07, 6.45) is 5.13. The lowest BCUT2D eigenvalue weighted by Crippen LogP contribution is -2.29. The molecule has 3 aromatic rings. The zero-order chi connectivity index (χ0) is 16.1. The second kappa shape index (κ2) is 6.87. The minimum atomic E-state index is -0.0854. The molecule has 0 atom stereocenters. The normalized spacial score (nSPS) is 10.5. The molecule has 0 aliphatic heterocycles. The van der Waals surface area contributed by atoms with Crippen LogP contribution in [0.15, 0.2) is 55.0 Å². The molecule has 0 saturated heterocycles. The van der Waals surface area contributed by atoms with Gasteiger partial charge in [-0.05, 0) is 36.8 Å². The third-order valence-electron chi connectivity index (χ3n) is 3.56. The van der Waals surface area contributed by atoms with E-state index in [0.717, 1.165) is 22.2 Å². The molecule has 3 rings (SSSR count). The molecule has 0 spiro atoms. The first-order valence-electron chi connectivity index (χ1n) is 7.51. The second-order valence-corrected chi connectivity index (χ2v) is 5.30. The predicted molar refractivity (Wildman–Crippen MR) is 91.5 cm³/mol. The minimum absolute atomic E-state index is 0.0854. The zero-order valence-corrected chi connectivity index (χ0v) is 12.9. The van der Waals surface area contributed by atoms with Gasteiger partial charge in [-0.1, -0.05) is 12.1 Å². The highest BCUT2D eigenvalue weighted by Gasteiger charge is 2.09. The van der Waals surface area contributed by atoms with Gasteiger partial charge in [0, 0.05) is 42.8 Å². The van der Waals surface area contributed by atoms with E-state index in [4.69, 9.17) is 0 Å². The van der Waals surface area contributed by atoms with Crippen LogP contribution in [0.2, 0.25) is 0 Å². The molecule has 0 bridgehead atoms. The number of hydrogen-bond donors (Lipinski definition) is 2. The number of aryl methyl sites for hydroxylation is 1. The van der Waals surface area contributed by atoms with E-state index in [2.05, 4.69) is 20.6 Å². The standard InChI is InChI=1S/C18H18N4O/c1-13-2-3-15-16(6-9-21-17(15)12-13)18(23)22-11-10-20-14-4-7-19-8-5-14/h2-9,12H,10-11H2,1H3,(H,19,20)(H,22,23). The van der Waals surface area contributed by atoms with E-state index in [0.29, 0.717) is 18.7 Å². The van der Waals surface area contributed by atoms with Crippen molar-refractivity contribution in [3.8, 4) is 0 Å². The highest BCUT2D eigenvalue weighted by molar-refractivity contribution is 6.06. The summed E-state index contributed by atoms with van der Waals surface area (Å²) in [5, 5.41) is 7.03. The maximum Gasteiger partial charge on any atom is 0.252 e. The number of anilines is 1. The minimum Gasteiger partial charge on any atom is -0.383 e. The lowest BCUT2D eigenvalue weighted by molar-refractivity contribution is 0.0957. The van der Waals surface area contributed by atoms with Crippen LogP contribution in [0.1, 0.15) is 15.9 Å². The maximum atomic E-state index is 12.4. The Balaban J connectivity index is 1.62. The second-order valence-electron chi connectivity index (χ2n) is 5.30. The van der Waals surface area contributed by atoms with Crippen LogP contribution in [0.4, 0.5) is 5.69 Å². The largest absolute Gasteiger partial charge is 0.383 e. The Kier molecular flexibility index (Phi) is 4.47. The smallest absolute Gasteiger partial charge is 0.252 e. The van der Waals surface area contributed by atoms with Crippen molar-refractivity contribution in [3.05, 3.63) is 66.1 Å². The van der Waals surface area contributed by atoms with E-state index in [1.54, 1.807) is 24.7 Å². The van der Waals surface area contributed by atoms with Crippen LogP contribution in [0.25, 0.3) is 10.9 Å². The van der Waals surface area contributed by atoms with Gasteiger partial charge in [0.25, 0.3) is 5.91 Å². The van der Waals surface area contributed by atoms with Gasteiger partial charge in [0.2, 0.25) is 0 Å². The van der Waals surface area contributed by atoms with Crippen LogP contribution in [-0.2, 0) is 0 Å². The third-order valence-corrected chi connectivity index (χ3v) is 3.56. The maximum absolute atomic E-state index is 12.4. The molecular weight excluding hydrogens is 288 g/mol. The number of pyridine rings is 2. The molecular formula is C18H18N4O. The average molecular weight is 306 g/mol. The first-order chi connectivity index (χ1) is 11.2. The van der Waals surface area contributed by atoms with Crippen LogP contribution in [0.5, 0.6) is 0 Å². The molecule has 2 aromatic heterocycles. The molecule has 2 N–H and O–H groups in total. The average Bonchev–Trinajstić information content (AvgIpc) is 2.58. The Morgan fingerprint density at radius 1 is 1.04 bits per heavy atom. The third kappa shape index (κ3) is 3.63. The molecule has 0 radical (unpaired) electrons. The lowest BCUT2D eigenvalue weighted by Gasteiger charge is -2.09. The number of carbonyl (C=O) groups excluding carboxylic acids is 1. The van der Waals surface area contributed by atoms with Crippen LogP contribution >= 0.6 is 0 Å². The van der Waals surface area contributed by atoms with Gasteiger partial charge in [0.15, 0.2) is 0 Å². The van der Waals surface area contributed by atoms with Gasteiger partial charge in [0.05, 0.1) is 11.1 Å². The summed E-state index contributed by atoms with van der Waals surface area (Å²) in [5.74, 6) is -0.0854. The Bertz CT molecular complexity index is 818. The summed E-state index contributed by atoms with van der Waals surface area (Å²) in [7, 11) is 0. The fourth-order valence-corrected chi connectivity index (χ4v) is 2.40. The van der Waals surface area contributed by atoms with Gasteiger partial charge < -0.3 is 10.6 Å². The molecule has 0 fully saturated rings. The van der Waals surface area contributed by atoms with Crippen molar-refractivity contribution in [2.45, 2.75) is 6.92 Å².